The molecule has 0 aliphatic carbocycles. The standard InChI is InChI=1S/2C7H6O2.Bi/c2*8-6-4-2-1-3-5-7(6)9;/h2*1-5H,(H,8,9);/q;;+3/p+4. The topological polar surface area (TPSA) is 88.6 Å². The molecule has 0 aliphatic heterocycles. The van der Waals surface area contributed by atoms with Crippen molar-refractivity contribution in [1.29, 1.82) is 0 Å². The molecule has 2 aromatic carbocycles. The van der Waals surface area contributed by atoms with Crippen LogP contribution in [0.5, 0.6) is 11.5 Å². The van der Waals surface area contributed by atoms with Crippen LogP contribution in [0, 0.1) is 0 Å². The van der Waals surface area contributed by atoms with Crippen LogP contribution in [-0.2, 0) is 0 Å². The van der Waals surface area contributed by atoms with Crippen LogP contribution >= 0.6 is 0 Å². The third-order valence-electron chi connectivity index (χ3n) is 2.03. The first-order valence-electron chi connectivity index (χ1n) is 5.27. The first kappa shape index (κ1) is 17.3. The van der Waals surface area contributed by atoms with E-state index in [0.717, 1.165) is 0 Å². The van der Waals surface area contributed by atoms with Gasteiger partial charge in [-0.15, -0.1) is 0 Å². The van der Waals surface area contributed by atoms with Crippen molar-refractivity contribution in [3.05, 3.63) is 71.5 Å². The fraction of sp³-hybridized carbons (Fsp3) is 0. The Morgan fingerprint density at radius 3 is 1.26 bits per heavy atom. The van der Waals surface area contributed by atoms with Crippen molar-refractivity contribution in [2.24, 2.45) is 0 Å². The van der Waals surface area contributed by atoms with Crippen molar-refractivity contribution in [2.75, 3.05) is 0 Å². The van der Waals surface area contributed by atoms with Crippen molar-refractivity contribution in [1.82, 2.24) is 0 Å². The minimum absolute atomic E-state index is 0. The molecule has 2 rings (SSSR count). The summed E-state index contributed by atoms with van der Waals surface area (Å²) in [6.07, 6.45) is 0. The van der Waals surface area contributed by atoms with Crippen molar-refractivity contribution >= 4 is 26.2 Å². The maximum Gasteiger partial charge on any atom is 3.00 e. The zero-order chi connectivity index (χ0) is 13.4. The Hall–Kier alpha value is -1.74. The molecule has 0 fully saturated rings. The van der Waals surface area contributed by atoms with Crippen LogP contribution in [0.15, 0.2) is 60.7 Å². The van der Waals surface area contributed by atoms with Crippen LogP contribution in [0.2, 0.25) is 0 Å². The molecule has 0 aromatic heterocycles. The van der Waals surface area contributed by atoms with Gasteiger partial charge in [0, 0.05) is 12.1 Å². The zero-order valence-corrected chi connectivity index (χ0v) is 13.6. The van der Waals surface area contributed by atoms with E-state index in [1.807, 2.05) is 0 Å². The van der Waals surface area contributed by atoms with Crippen molar-refractivity contribution < 1.29 is 19.8 Å². The fourth-order valence-corrected chi connectivity index (χ4v) is 1.08. The van der Waals surface area contributed by atoms with E-state index in [9.17, 15) is 0 Å². The van der Waals surface area contributed by atoms with E-state index in [-0.39, 0.29) is 48.6 Å². The molecule has 0 saturated heterocycles. The van der Waals surface area contributed by atoms with E-state index >= 15 is 0 Å². The van der Waals surface area contributed by atoms with Gasteiger partial charge in [0.25, 0.3) is 0 Å². The second-order valence-electron chi connectivity index (χ2n) is 3.42. The third kappa shape index (κ3) is 6.68. The summed E-state index contributed by atoms with van der Waals surface area (Å²) in [5.41, 5.74) is 0.0278. The minimum Gasteiger partial charge on any atom is -0.587 e. The Balaban J connectivity index is 0.000000324. The van der Waals surface area contributed by atoms with Crippen molar-refractivity contribution in [3.63, 3.8) is 0 Å². The van der Waals surface area contributed by atoms with Gasteiger partial charge < -0.3 is 10.2 Å². The molecule has 0 aliphatic rings. The molecule has 2 aromatic rings. The molecular formula is C14H16BiO4+7. The third-order valence-corrected chi connectivity index (χ3v) is 2.03. The Bertz CT molecular complexity index is 572. The van der Waals surface area contributed by atoms with E-state index in [1.165, 1.54) is 24.3 Å². The number of rotatable bonds is 0. The van der Waals surface area contributed by atoms with E-state index in [1.54, 1.807) is 36.4 Å². The molecule has 6 N–H and O–H groups in total. The first-order chi connectivity index (χ1) is 8.61. The summed E-state index contributed by atoms with van der Waals surface area (Å²) in [6, 6.07) is 16.4. The molecular weight excluding hydrogens is 441 g/mol. The average molecular weight is 457 g/mol. The van der Waals surface area contributed by atoms with Gasteiger partial charge >= 0.3 is 48.6 Å². The minimum atomic E-state index is 0. The zero-order valence-electron chi connectivity index (χ0n) is 10.1. The van der Waals surface area contributed by atoms with Crippen LogP contribution in [0.4, 0.5) is 0 Å². The second kappa shape index (κ2) is 9.23. The average Bonchev–Trinajstić information content (AvgIpc) is 2.65. The molecule has 0 unspecified atom stereocenters. The Kier molecular flexibility index (Phi) is 8.38. The molecule has 0 bridgehead atoms. The molecule has 2 radical (unpaired) electrons. The second-order valence-corrected chi connectivity index (χ2v) is 3.42. The first-order valence-corrected chi connectivity index (χ1v) is 5.27. The van der Waals surface area contributed by atoms with Gasteiger partial charge in [-0.2, -0.15) is 0 Å². The van der Waals surface area contributed by atoms with Gasteiger partial charge in [-0.1, -0.05) is 36.4 Å². The van der Waals surface area contributed by atoms with Gasteiger partial charge in [0.15, 0.2) is 0 Å². The quantitative estimate of drug-likeness (QED) is 0.390. The molecule has 0 heterocycles. The van der Waals surface area contributed by atoms with Crippen LogP contribution in [0.1, 0.15) is 0 Å². The summed E-state index contributed by atoms with van der Waals surface area (Å²) in [6.45, 7) is 0. The smallest absolute Gasteiger partial charge is 0.587 e. The van der Waals surface area contributed by atoms with Crippen LogP contribution in [0.3, 0.4) is 0 Å². The molecule has 94 valence electrons. The normalized spacial score (nSPS) is 8.42. The predicted molar refractivity (Wildman–Crippen MR) is 74.9 cm³/mol. The number of hydrogen-bond acceptors (Lipinski definition) is 0. The summed E-state index contributed by atoms with van der Waals surface area (Å²) >= 11 is 0. The monoisotopic (exact) mass is 457 g/mol. The van der Waals surface area contributed by atoms with Crippen molar-refractivity contribution in [3.8, 4) is 11.5 Å². The maximum absolute atomic E-state index is 8.89. The summed E-state index contributed by atoms with van der Waals surface area (Å²) in [4.78, 5) is 17.8. The molecule has 19 heavy (non-hydrogen) atoms. The van der Waals surface area contributed by atoms with Gasteiger partial charge in [0.2, 0.25) is 0 Å². The molecule has 0 spiro atoms. The molecule has 0 amide bonds. The Labute approximate surface area is 129 Å². The Morgan fingerprint density at radius 2 is 0.895 bits per heavy atom. The van der Waals surface area contributed by atoms with Crippen LogP contribution in [-0.4, -0.2) is 46.0 Å². The summed E-state index contributed by atoms with van der Waals surface area (Å²) in [7, 11) is 0. The largest absolute Gasteiger partial charge is 3.00 e. The molecule has 0 atom stereocenters. The van der Waals surface area contributed by atoms with Crippen LogP contribution < -0.4 is 10.9 Å². The van der Waals surface area contributed by atoms with Gasteiger partial charge in [0.1, 0.15) is 0 Å². The van der Waals surface area contributed by atoms with E-state index in [4.69, 9.17) is 19.8 Å². The van der Waals surface area contributed by atoms with Gasteiger partial charge in [-0.25, -0.2) is 0 Å². The molecule has 0 saturated carbocycles. The summed E-state index contributed by atoms with van der Waals surface area (Å²) < 4.78 is 0. The summed E-state index contributed by atoms with van der Waals surface area (Å²) in [5.74, 6) is 0.306. The SMILES string of the molecule is [Bi+3].[OH+]=c1cccccc1[OH2+].[OH+]=c1cccccc1[OH2+]. The molecule has 5 heteroatoms. The summed E-state index contributed by atoms with van der Waals surface area (Å²) in [5, 5.41) is 14.2. The maximum atomic E-state index is 8.89. The number of hydrogen-bond donors (Lipinski definition) is 0. The predicted octanol–water partition coefficient (Wildman–Crippen LogP) is -0.123. The Morgan fingerprint density at radius 1 is 0.579 bits per heavy atom. The van der Waals surface area contributed by atoms with Gasteiger partial charge in [0.05, 0.1) is 12.1 Å². The molecule has 4 nitrogen and oxygen atoms in total. The van der Waals surface area contributed by atoms with E-state index < -0.39 is 0 Å². The fourth-order valence-electron chi connectivity index (χ4n) is 1.08. The van der Waals surface area contributed by atoms with E-state index in [0.29, 0.717) is 0 Å². The van der Waals surface area contributed by atoms with E-state index in [2.05, 4.69) is 0 Å². The van der Waals surface area contributed by atoms with Crippen molar-refractivity contribution in [2.45, 2.75) is 0 Å². The van der Waals surface area contributed by atoms with Crippen LogP contribution in [0.25, 0.3) is 0 Å². The van der Waals surface area contributed by atoms with Gasteiger partial charge in [-0.05, 0) is 0 Å². The van der Waals surface area contributed by atoms with Gasteiger partial charge in [-0.3, -0.25) is 9.59 Å².